The lowest BCUT2D eigenvalue weighted by Crippen LogP contribution is -2.42. The van der Waals surface area contributed by atoms with Gasteiger partial charge in [0.05, 0.1) is 10.0 Å². The molecule has 2 unspecified atom stereocenters. The molecule has 0 amide bonds. The molecule has 2 fully saturated rings. The second-order valence-electron chi connectivity index (χ2n) is 5.26. The number of nitrogens with zero attached hydrogens (tertiary/aromatic N) is 1. The molecule has 110 valence electrons. The number of rotatable bonds is 2. The molecule has 2 bridgehead atoms. The highest BCUT2D eigenvalue weighted by Gasteiger charge is 2.43. The van der Waals surface area contributed by atoms with E-state index in [0.717, 1.165) is 25.8 Å². The van der Waals surface area contributed by atoms with Crippen molar-refractivity contribution in [2.45, 2.75) is 36.2 Å². The maximum Gasteiger partial charge on any atom is 0.245 e. The van der Waals surface area contributed by atoms with Crippen molar-refractivity contribution in [2.24, 2.45) is 0 Å². The first-order chi connectivity index (χ1) is 9.51. The van der Waals surface area contributed by atoms with Gasteiger partial charge in [0.2, 0.25) is 10.0 Å². The number of halogens is 2. The Balaban J connectivity index is 2.05. The summed E-state index contributed by atoms with van der Waals surface area (Å²) in [5, 5.41) is 3.68. The molecule has 0 aliphatic carbocycles. The van der Waals surface area contributed by atoms with Crippen LogP contribution in [-0.4, -0.2) is 37.9 Å². The van der Waals surface area contributed by atoms with Crippen LogP contribution in [0.25, 0.3) is 0 Å². The standard InChI is InChI=1S/C13H16Cl2N2O2S/c14-11-2-1-3-12(13(11)15)20(18,19)17-9-4-5-10(17)8-16-7-6-9/h1-3,9-10,16H,4-8H2. The third-order valence-electron chi connectivity index (χ3n) is 4.06. The molecule has 1 N–H and O–H groups in total. The maximum atomic E-state index is 12.9. The molecular formula is C13H16Cl2N2O2S. The minimum atomic E-state index is -3.60. The van der Waals surface area contributed by atoms with Gasteiger partial charge < -0.3 is 5.32 Å². The van der Waals surface area contributed by atoms with E-state index in [2.05, 4.69) is 5.32 Å². The number of nitrogens with one attached hydrogen (secondary N) is 1. The van der Waals surface area contributed by atoms with E-state index in [1.807, 2.05) is 0 Å². The third-order valence-corrected chi connectivity index (χ3v) is 7.04. The summed E-state index contributed by atoms with van der Waals surface area (Å²) >= 11 is 12.1. The Hall–Kier alpha value is -0.330. The highest BCUT2D eigenvalue weighted by atomic mass is 35.5. The molecule has 0 radical (unpaired) electrons. The zero-order valence-electron chi connectivity index (χ0n) is 10.9. The van der Waals surface area contributed by atoms with Gasteiger partial charge in [-0.1, -0.05) is 29.3 Å². The molecule has 2 heterocycles. The summed E-state index contributed by atoms with van der Waals surface area (Å²) in [4.78, 5) is 0.116. The van der Waals surface area contributed by atoms with Crippen LogP contribution >= 0.6 is 23.2 Å². The smallest absolute Gasteiger partial charge is 0.245 e. The Labute approximate surface area is 129 Å². The largest absolute Gasteiger partial charge is 0.315 e. The van der Waals surface area contributed by atoms with Gasteiger partial charge in [-0.05, 0) is 37.9 Å². The van der Waals surface area contributed by atoms with Crippen LogP contribution < -0.4 is 5.32 Å². The fourth-order valence-electron chi connectivity index (χ4n) is 3.13. The van der Waals surface area contributed by atoms with Gasteiger partial charge in [-0.25, -0.2) is 8.42 Å². The second kappa shape index (κ2) is 5.46. The van der Waals surface area contributed by atoms with E-state index in [1.165, 1.54) is 6.07 Å². The molecule has 2 aliphatic heterocycles. The average Bonchev–Trinajstić information content (AvgIpc) is 2.66. The van der Waals surface area contributed by atoms with Gasteiger partial charge in [-0.2, -0.15) is 4.31 Å². The molecule has 1 aromatic rings. The zero-order chi connectivity index (χ0) is 14.3. The van der Waals surface area contributed by atoms with Crippen LogP contribution in [-0.2, 0) is 10.0 Å². The lowest BCUT2D eigenvalue weighted by Gasteiger charge is -2.27. The fraction of sp³-hybridized carbons (Fsp3) is 0.538. The van der Waals surface area contributed by atoms with E-state index < -0.39 is 10.0 Å². The molecule has 1 aromatic carbocycles. The number of hydrogen-bond acceptors (Lipinski definition) is 3. The molecule has 0 aromatic heterocycles. The molecular weight excluding hydrogens is 319 g/mol. The Morgan fingerprint density at radius 2 is 1.90 bits per heavy atom. The summed E-state index contributed by atoms with van der Waals surface area (Å²) in [5.74, 6) is 0. The van der Waals surface area contributed by atoms with Gasteiger partial charge in [0.1, 0.15) is 4.90 Å². The van der Waals surface area contributed by atoms with Gasteiger partial charge in [-0.3, -0.25) is 0 Å². The summed E-state index contributed by atoms with van der Waals surface area (Å²) in [6.45, 7) is 1.56. The van der Waals surface area contributed by atoms with Gasteiger partial charge in [0.15, 0.2) is 0 Å². The molecule has 20 heavy (non-hydrogen) atoms. The minimum Gasteiger partial charge on any atom is -0.315 e. The molecule has 7 heteroatoms. The summed E-state index contributed by atoms with van der Waals surface area (Å²) in [6.07, 6.45) is 2.66. The first kappa shape index (κ1) is 14.6. The Morgan fingerprint density at radius 3 is 2.70 bits per heavy atom. The van der Waals surface area contributed by atoms with Crippen LogP contribution in [0.15, 0.2) is 23.1 Å². The molecule has 4 nitrogen and oxygen atoms in total. The molecule has 2 aliphatic rings. The van der Waals surface area contributed by atoms with E-state index in [9.17, 15) is 8.42 Å². The normalized spacial score (nSPS) is 27.5. The van der Waals surface area contributed by atoms with Crippen molar-refractivity contribution in [3.05, 3.63) is 28.2 Å². The zero-order valence-corrected chi connectivity index (χ0v) is 13.2. The quantitative estimate of drug-likeness (QED) is 0.903. The first-order valence-electron chi connectivity index (χ1n) is 6.70. The van der Waals surface area contributed by atoms with E-state index in [4.69, 9.17) is 23.2 Å². The third kappa shape index (κ3) is 2.35. The minimum absolute atomic E-state index is 0.0162. The molecule has 0 saturated carbocycles. The van der Waals surface area contributed by atoms with Gasteiger partial charge >= 0.3 is 0 Å². The highest BCUT2D eigenvalue weighted by molar-refractivity contribution is 7.89. The monoisotopic (exact) mass is 334 g/mol. The van der Waals surface area contributed by atoms with Crippen LogP contribution in [0.3, 0.4) is 0 Å². The molecule has 2 atom stereocenters. The van der Waals surface area contributed by atoms with Crippen LogP contribution in [0.2, 0.25) is 10.0 Å². The van der Waals surface area contributed by atoms with Crippen LogP contribution in [0.1, 0.15) is 19.3 Å². The lowest BCUT2D eigenvalue weighted by molar-refractivity contribution is 0.334. The number of hydrogen-bond donors (Lipinski definition) is 1. The van der Waals surface area contributed by atoms with Crippen LogP contribution in [0.4, 0.5) is 0 Å². The second-order valence-corrected chi connectivity index (χ2v) is 7.86. The molecule has 3 rings (SSSR count). The number of sulfonamides is 1. The Kier molecular flexibility index (Phi) is 3.99. The average molecular weight is 335 g/mol. The van der Waals surface area contributed by atoms with Crippen molar-refractivity contribution in [1.29, 1.82) is 0 Å². The van der Waals surface area contributed by atoms with Crippen molar-refractivity contribution in [3.63, 3.8) is 0 Å². The van der Waals surface area contributed by atoms with Crippen molar-refractivity contribution in [3.8, 4) is 0 Å². The Bertz CT molecular complexity index is 607. The van der Waals surface area contributed by atoms with Crippen LogP contribution in [0, 0.1) is 0 Å². The summed E-state index contributed by atoms with van der Waals surface area (Å²) < 4.78 is 27.5. The number of benzene rings is 1. The first-order valence-corrected chi connectivity index (χ1v) is 8.89. The number of fused-ring (bicyclic) bond motifs is 2. The predicted molar refractivity (Wildman–Crippen MR) is 79.8 cm³/mol. The van der Waals surface area contributed by atoms with Crippen LogP contribution in [0.5, 0.6) is 0 Å². The van der Waals surface area contributed by atoms with Gasteiger partial charge in [-0.15, -0.1) is 0 Å². The van der Waals surface area contributed by atoms with E-state index in [-0.39, 0.29) is 27.0 Å². The fourth-order valence-corrected chi connectivity index (χ4v) is 5.77. The molecule has 0 spiro atoms. The van der Waals surface area contributed by atoms with Gasteiger partial charge in [0.25, 0.3) is 0 Å². The van der Waals surface area contributed by atoms with Gasteiger partial charge in [0, 0.05) is 18.6 Å². The van der Waals surface area contributed by atoms with E-state index in [0.29, 0.717) is 6.54 Å². The SMILES string of the molecule is O=S(=O)(c1cccc(Cl)c1Cl)N1C2CCNCC1CC2. The summed E-state index contributed by atoms with van der Waals surface area (Å²) in [7, 11) is -3.60. The summed E-state index contributed by atoms with van der Waals surface area (Å²) in [6, 6.07) is 4.83. The maximum absolute atomic E-state index is 12.9. The molecule has 2 saturated heterocycles. The van der Waals surface area contributed by atoms with E-state index in [1.54, 1.807) is 16.4 Å². The van der Waals surface area contributed by atoms with Crippen molar-refractivity contribution in [1.82, 2.24) is 9.62 Å². The summed E-state index contributed by atoms with van der Waals surface area (Å²) in [5.41, 5.74) is 0. The highest BCUT2D eigenvalue weighted by Crippen LogP contribution is 2.37. The Morgan fingerprint density at radius 1 is 1.15 bits per heavy atom. The van der Waals surface area contributed by atoms with Crippen molar-refractivity contribution >= 4 is 33.2 Å². The lowest BCUT2D eigenvalue weighted by atomic mass is 10.1. The van der Waals surface area contributed by atoms with E-state index >= 15 is 0 Å². The topological polar surface area (TPSA) is 49.4 Å². The van der Waals surface area contributed by atoms with Crippen molar-refractivity contribution in [2.75, 3.05) is 13.1 Å². The predicted octanol–water partition coefficient (Wildman–Crippen LogP) is 2.51. The van der Waals surface area contributed by atoms with Crippen molar-refractivity contribution < 1.29 is 8.42 Å².